The Bertz CT molecular complexity index is 1420. The molecule has 2 aromatic carbocycles. The summed E-state index contributed by atoms with van der Waals surface area (Å²) in [4.78, 5) is 12.8. The molecule has 0 radical (unpaired) electrons. The van der Waals surface area contributed by atoms with E-state index in [0.717, 1.165) is 6.07 Å². The maximum Gasteiger partial charge on any atom is 0.197 e. The minimum atomic E-state index is -1.70. The molecule has 8 N–H and O–H groups in total. The molecule has 10 atom stereocenters. The highest BCUT2D eigenvalue weighted by Crippen LogP contribution is 2.36. The van der Waals surface area contributed by atoms with E-state index in [9.17, 15) is 45.6 Å². The molecule has 222 valence electrons. The molecule has 2 fully saturated rings. The summed E-state index contributed by atoms with van der Waals surface area (Å²) in [5.41, 5.74) is -0.0709. The van der Waals surface area contributed by atoms with Gasteiger partial charge in [0.05, 0.1) is 12.2 Å². The highest BCUT2D eigenvalue weighted by atomic mass is 16.7. The van der Waals surface area contributed by atoms with Crippen molar-refractivity contribution in [2.45, 2.75) is 68.5 Å². The van der Waals surface area contributed by atoms with Crippen molar-refractivity contribution in [2.75, 3.05) is 6.61 Å². The normalized spacial score (nSPS) is 34.0. The van der Waals surface area contributed by atoms with Gasteiger partial charge in [-0.3, -0.25) is 4.79 Å². The molecular weight excluding hydrogens is 544 g/mol. The van der Waals surface area contributed by atoms with E-state index in [4.69, 9.17) is 18.6 Å². The van der Waals surface area contributed by atoms with Gasteiger partial charge in [0.1, 0.15) is 70.6 Å². The molecular formula is C28H32O13. The zero-order chi connectivity index (χ0) is 29.6. The first-order chi connectivity index (χ1) is 19.5. The van der Waals surface area contributed by atoms with Gasteiger partial charge in [-0.25, -0.2) is 0 Å². The van der Waals surface area contributed by atoms with Crippen LogP contribution in [0.2, 0.25) is 0 Å². The predicted molar refractivity (Wildman–Crippen MR) is 140 cm³/mol. The molecule has 1 saturated heterocycles. The van der Waals surface area contributed by atoms with Gasteiger partial charge in [0, 0.05) is 36.3 Å². The molecule has 0 spiro atoms. The number of hydrogen-bond donors (Lipinski definition) is 8. The molecule has 2 heterocycles. The minimum absolute atomic E-state index is 0.00572. The van der Waals surface area contributed by atoms with Gasteiger partial charge in [0.15, 0.2) is 11.7 Å². The fraction of sp³-hybridized carbons (Fsp3) is 0.464. The predicted octanol–water partition coefficient (Wildman–Crippen LogP) is -0.435. The number of fused-ring (bicyclic) bond motifs is 1. The lowest BCUT2D eigenvalue weighted by Gasteiger charge is -2.45. The number of rotatable bonds is 6. The first kappa shape index (κ1) is 29.2. The van der Waals surface area contributed by atoms with Crippen molar-refractivity contribution in [3.8, 4) is 28.6 Å². The largest absolute Gasteiger partial charge is 0.508 e. The zero-order valence-electron chi connectivity index (χ0n) is 21.8. The molecule has 2 aliphatic rings. The molecule has 0 unspecified atom stereocenters. The lowest BCUT2D eigenvalue weighted by molar-refractivity contribution is -0.325. The summed E-state index contributed by atoms with van der Waals surface area (Å²) >= 11 is 0. The number of aliphatic hydroxyl groups is 6. The van der Waals surface area contributed by atoms with Gasteiger partial charge in [-0.2, -0.15) is 0 Å². The Morgan fingerprint density at radius 3 is 2.29 bits per heavy atom. The molecule has 13 heteroatoms. The van der Waals surface area contributed by atoms with Crippen molar-refractivity contribution in [3.05, 3.63) is 52.7 Å². The summed E-state index contributed by atoms with van der Waals surface area (Å²) in [7, 11) is 0. The maximum atomic E-state index is 12.8. The number of ether oxygens (including phenoxy) is 3. The SMILES string of the molecule is C[C@@H]1O[C@@H](O[C@@H]2[C@@H](O)[C@H](O)[C@@H](CO)C[C@H]2Oc2cc(O)c3c(=O)cc(-c4ccc(O)cc4)oc3c2)[C@H](O)[C@H](O)[C@H]1O. The average molecular weight is 577 g/mol. The summed E-state index contributed by atoms with van der Waals surface area (Å²) in [6, 6.07) is 9.64. The Morgan fingerprint density at radius 2 is 1.61 bits per heavy atom. The van der Waals surface area contributed by atoms with Gasteiger partial charge < -0.3 is 59.5 Å². The molecule has 5 rings (SSSR count). The third-order valence-electron chi connectivity index (χ3n) is 7.63. The monoisotopic (exact) mass is 576 g/mol. The molecule has 0 bridgehead atoms. The summed E-state index contributed by atoms with van der Waals surface area (Å²) in [6.45, 7) is 0.958. The third-order valence-corrected chi connectivity index (χ3v) is 7.63. The number of phenolic OH excluding ortho intramolecular Hbond substituents is 2. The third kappa shape index (κ3) is 5.63. The van der Waals surface area contributed by atoms with Gasteiger partial charge in [0.25, 0.3) is 0 Å². The van der Waals surface area contributed by atoms with E-state index in [-0.39, 0.29) is 34.6 Å². The Hall–Kier alpha value is -3.27. The first-order valence-corrected chi connectivity index (χ1v) is 13.1. The zero-order valence-corrected chi connectivity index (χ0v) is 21.8. The van der Waals surface area contributed by atoms with E-state index in [0.29, 0.717) is 5.56 Å². The van der Waals surface area contributed by atoms with E-state index in [1.54, 1.807) is 12.1 Å². The Kier molecular flexibility index (Phi) is 8.23. The van der Waals surface area contributed by atoms with Crippen LogP contribution >= 0.6 is 0 Å². The molecule has 1 aliphatic heterocycles. The quantitative estimate of drug-likeness (QED) is 0.187. The van der Waals surface area contributed by atoms with Crippen molar-refractivity contribution in [1.29, 1.82) is 0 Å². The molecule has 1 aliphatic carbocycles. The Balaban J connectivity index is 1.47. The van der Waals surface area contributed by atoms with Crippen LogP contribution in [-0.4, -0.2) is 103 Å². The van der Waals surface area contributed by atoms with Gasteiger partial charge in [-0.1, -0.05) is 0 Å². The second-order valence-electron chi connectivity index (χ2n) is 10.4. The first-order valence-electron chi connectivity index (χ1n) is 13.1. The lowest BCUT2D eigenvalue weighted by atomic mass is 9.81. The van der Waals surface area contributed by atoms with Gasteiger partial charge in [-0.15, -0.1) is 0 Å². The highest BCUT2D eigenvalue weighted by Gasteiger charge is 2.50. The maximum absolute atomic E-state index is 12.8. The van der Waals surface area contributed by atoms with Crippen LogP contribution in [-0.2, 0) is 9.47 Å². The summed E-state index contributed by atoms with van der Waals surface area (Å²) in [6.07, 6.45) is -12.7. The molecule has 1 saturated carbocycles. The van der Waals surface area contributed by atoms with Gasteiger partial charge >= 0.3 is 0 Å². The fourth-order valence-corrected chi connectivity index (χ4v) is 5.27. The Labute approximate surface area is 233 Å². The van der Waals surface area contributed by atoms with Crippen molar-refractivity contribution >= 4 is 11.0 Å². The van der Waals surface area contributed by atoms with Crippen LogP contribution in [0.3, 0.4) is 0 Å². The average Bonchev–Trinajstić information content (AvgIpc) is 2.94. The topological polar surface area (TPSA) is 220 Å². The molecule has 3 aromatic rings. The van der Waals surface area contributed by atoms with E-state index in [2.05, 4.69) is 0 Å². The van der Waals surface area contributed by atoms with E-state index in [1.165, 1.54) is 31.2 Å². The molecule has 0 amide bonds. The van der Waals surface area contributed by atoms with Crippen LogP contribution in [0.5, 0.6) is 17.2 Å². The van der Waals surface area contributed by atoms with Crippen LogP contribution in [0, 0.1) is 5.92 Å². The van der Waals surface area contributed by atoms with Crippen LogP contribution in [0.25, 0.3) is 22.3 Å². The molecule has 41 heavy (non-hydrogen) atoms. The summed E-state index contributed by atoms with van der Waals surface area (Å²) in [5.74, 6) is -1.10. The summed E-state index contributed by atoms with van der Waals surface area (Å²) in [5, 5.41) is 81.9. The fourth-order valence-electron chi connectivity index (χ4n) is 5.27. The second kappa shape index (κ2) is 11.5. The van der Waals surface area contributed by atoms with Crippen LogP contribution in [0.15, 0.2) is 51.7 Å². The number of aliphatic hydroxyl groups excluding tert-OH is 6. The van der Waals surface area contributed by atoms with Crippen LogP contribution in [0.4, 0.5) is 0 Å². The molecule has 1 aromatic heterocycles. The summed E-state index contributed by atoms with van der Waals surface area (Å²) < 4.78 is 23.2. The van der Waals surface area contributed by atoms with E-state index in [1.807, 2.05) is 0 Å². The highest BCUT2D eigenvalue weighted by molar-refractivity contribution is 5.86. The smallest absolute Gasteiger partial charge is 0.197 e. The van der Waals surface area contributed by atoms with Gasteiger partial charge in [-0.05, 0) is 37.6 Å². The number of phenols is 2. The van der Waals surface area contributed by atoms with Gasteiger partial charge in [0.2, 0.25) is 0 Å². The molecule has 13 nitrogen and oxygen atoms in total. The lowest BCUT2D eigenvalue weighted by Crippen LogP contribution is -2.62. The standard InChI is InChI=1S/C28H32O13/c1-11-22(33)24(35)26(37)28(38-11)41-27-20(6-13(10-29)23(34)25(27)36)39-15-7-16(31)21-17(32)9-18(40-19(21)8-15)12-2-4-14(30)5-3-12/h2-5,7-9,11,13,20,22-31,33-37H,6,10H2,1H3/t11-,13+,20+,22-,23+,24+,25-,26+,27-,28-/m0/s1. The van der Waals surface area contributed by atoms with E-state index < -0.39 is 78.8 Å². The van der Waals surface area contributed by atoms with Crippen molar-refractivity contribution in [3.63, 3.8) is 0 Å². The number of hydrogen-bond acceptors (Lipinski definition) is 13. The van der Waals surface area contributed by atoms with Crippen molar-refractivity contribution < 1.29 is 59.5 Å². The number of benzene rings is 2. The van der Waals surface area contributed by atoms with Crippen molar-refractivity contribution in [2.24, 2.45) is 5.92 Å². The Morgan fingerprint density at radius 1 is 0.902 bits per heavy atom. The number of aromatic hydroxyl groups is 2. The second-order valence-corrected chi connectivity index (χ2v) is 10.4. The van der Waals surface area contributed by atoms with Crippen LogP contribution < -0.4 is 10.2 Å². The van der Waals surface area contributed by atoms with Crippen LogP contribution in [0.1, 0.15) is 13.3 Å². The van der Waals surface area contributed by atoms with Crippen molar-refractivity contribution in [1.82, 2.24) is 0 Å². The van der Waals surface area contributed by atoms with E-state index >= 15 is 0 Å². The minimum Gasteiger partial charge on any atom is -0.508 e.